The molecule has 1 aromatic carbocycles. The monoisotopic (exact) mass is 387 g/mol. The third kappa shape index (κ3) is 2.37. The topological polar surface area (TPSA) is 43.8 Å². The van der Waals surface area contributed by atoms with Crippen LogP contribution < -0.4 is 5.73 Å². The van der Waals surface area contributed by atoms with Crippen LogP contribution in [0.5, 0.6) is 0 Å². The number of nitrogens with two attached hydrogens (primary N) is 1. The van der Waals surface area contributed by atoms with Gasteiger partial charge < -0.3 is 5.73 Å². The molecule has 0 aliphatic heterocycles. The molecule has 0 saturated heterocycles. The van der Waals surface area contributed by atoms with Crippen LogP contribution in [0.2, 0.25) is 0 Å². The van der Waals surface area contributed by atoms with E-state index in [1.165, 1.54) is 0 Å². The Morgan fingerprint density at radius 2 is 2.00 bits per heavy atom. The van der Waals surface area contributed by atoms with Crippen LogP contribution in [-0.2, 0) is 0 Å². The van der Waals surface area contributed by atoms with Gasteiger partial charge in [0, 0.05) is 10.0 Å². The fourth-order valence-corrected chi connectivity index (χ4v) is 2.61. The van der Waals surface area contributed by atoms with Crippen molar-refractivity contribution in [1.82, 2.24) is 9.78 Å². The molecular formula is C12H11Br2N3S. The van der Waals surface area contributed by atoms with Gasteiger partial charge in [0.05, 0.1) is 21.5 Å². The maximum absolute atomic E-state index is 5.61. The van der Waals surface area contributed by atoms with E-state index in [0.29, 0.717) is 4.99 Å². The van der Waals surface area contributed by atoms with E-state index in [9.17, 15) is 0 Å². The lowest BCUT2D eigenvalue weighted by Crippen LogP contribution is -2.10. The molecule has 1 heterocycles. The zero-order valence-corrected chi connectivity index (χ0v) is 13.9. The number of benzene rings is 1. The Kier molecular flexibility index (Phi) is 3.89. The van der Waals surface area contributed by atoms with E-state index >= 15 is 0 Å². The zero-order valence-electron chi connectivity index (χ0n) is 9.87. The molecule has 0 unspecified atom stereocenters. The first kappa shape index (κ1) is 13.7. The van der Waals surface area contributed by atoms with Gasteiger partial charge in [-0.1, -0.05) is 12.2 Å². The Bertz CT molecular complexity index is 634. The lowest BCUT2D eigenvalue weighted by molar-refractivity contribution is 0.829. The van der Waals surface area contributed by atoms with Crippen LogP contribution in [0, 0.1) is 13.8 Å². The van der Waals surface area contributed by atoms with Gasteiger partial charge in [-0.05, 0) is 63.9 Å². The molecule has 0 bridgehead atoms. The Morgan fingerprint density at radius 1 is 1.33 bits per heavy atom. The molecule has 1 aromatic heterocycles. The predicted molar refractivity (Wildman–Crippen MR) is 84.3 cm³/mol. The van der Waals surface area contributed by atoms with Gasteiger partial charge in [-0.25, -0.2) is 4.68 Å². The number of hydrogen-bond acceptors (Lipinski definition) is 2. The second kappa shape index (κ2) is 5.11. The summed E-state index contributed by atoms with van der Waals surface area (Å²) < 4.78 is 3.81. The molecule has 0 aliphatic carbocycles. The second-order valence-electron chi connectivity index (χ2n) is 3.93. The fraction of sp³-hybridized carbons (Fsp3) is 0.167. The van der Waals surface area contributed by atoms with E-state index < -0.39 is 0 Å². The molecular weight excluding hydrogens is 378 g/mol. The van der Waals surface area contributed by atoms with Crippen LogP contribution in [0.15, 0.2) is 27.1 Å². The molecule has 18 heavy (non-hydrogen) atoms. The third-order valence-corrected chi connectivity index (χ3v) is 4.68. The fourth-order valence-electron chi connectivity index (χ4n) is 1.69. The first-order chi connectivity index (χ1) is 8.41. The minimum absolute atomic E-state index is 0.386. The SMILES string of the molecule is Cc1nn(-c2ccc(C(N)=S)cc2Br)c(C)c1Br. The number of rotatable bonds is 2. The minimum Gasteiger partial charge on any atom is -0.389 e. The molecule has 0 radical (unpaired) electrons. The summed E-state index contributed by atoms with van der Waals surface area (Å²) in [7, 11) is 0. The van der Waals surface area contributed by atoms with Gasteiger partial charge in [-0.3, -0.25) is 0 Å². The smallest absolute Gasteiger partial charge is 0.104 e. The predicted octanol–water partition coefficient (Wildman–Crippen LogP) is 3.65. The molecule has 2 N–H and O–H groups in total. The van der Waals surface area contributed by atoms with E-state index in [0.717, 1.165) is 31.6 Å². The second-order valence-corrected chi connectivity index (χ2v) is 6.01. The lowest BCUT2D eigenvalue weighted by atomic mass is 10.2. The van der Waals surface area contributed by atoms with Crippen molar-refractivity contribution in [3.8, 4) is 5.69 Å². The molecule has 0 fully saturated rings. The Morgan fingerprint density at radius 3 is 2.44 bits per heavy atom. The summed E-state index contributed by atoms with van der Waals surface area (Å²) in [5.74, 6) is 0. The van der Waals surface area contributed by atoms with Crippen molar-refractivity contribution in [2.75, 3.05) is 0 Å². The number of thiocarbonyl (C=S) groups is 1. The Hall–Kier alpha value is -0.720. The summed E-state index contributed by atoms with van der Waals surface area (Å²) >= 11 is 12.0. The molecule has 2 aromatic rings. The average Bonchev–Trinajstić information content (AvgIpc) is 2.57. The number of hydrogen-bond donors (Lipinski definition) is 1. The van der Waals surface area contributed by atoms with E-state index in [1.54, 1.807) is 0 Å². The summed E-state index contributed by atoms with van der Waals surface area (Å²) in [5.41, 5.74) is 9.41. The standard InChI is InChI=1S/C12H11Br2N3S/c1-6-11(14)7(2)17(16-6)10-4-3-8(12(15)18)5-9(10)13/h3-5H,1-2H3,(H2,15,18). The number of halogens is 2. The molecule has 6 heteroatoms. The summed E-state index contributed by atoms with van der Waals surface area (Å²) in [6.45, 7) is 3.98. The minimum atomic E-state index is 0.386. The van der Waals surface area contributed by atoms with Gasteiger partial charge in [0.2, 0.25) is 0 Å². The van der Waals surface area contributed by atoms with Crippen molar-refractivity contribution in [2.45, 2.75) is 13.8 Å². The highest BCUT2D eigenvalue weighted by Crippen LogP contribution is 2.27. The molecule has 0 amide bonds. The van der Waals surface area contributed by atoms with Gasteiger partial charge in [-0.2, -0.15) is 5.10 Å². The average molecular weight is 389 g/mol. The van der Waals surface area contributed by atoms with E-state index in [-0.39, 0.29) is 0 Å². The van der Waals surface area contributed by atoms with E-state index in [2.05, 4.69) is 37.0 Å². The van der Waals surface area contributed by atoms with Gasteiger partial charge in [0.15, 0.2) is 0 Å². The van der Waals surface area contributed by atoms with Crippen LogP contribution in [0.1, 0.15) is 17.0 Å². The first-order valence-electron chi connectivity index (χ1n) is 5.23. The van der Waals surface area contributed by atoms with E-state index in [4.69, 9.17) is 18.0 Å². The van der Waals surface area contributed by atoms with Crippen molar-refractivity contribution in [1.29, 1.82) is 0 Å². The summed E-state index contributed by atoms with van der Waals surface area (Å²) in [6, 6.07) is 5.75. The number of nitrogens with zero attached hydrogens (tertiary/aromatic N) is 2. The highest BCUT2D eigenvalue weighted by Gasteiger charge is 2.13. The van der Waals surface area contributed by atoms with Gasteiger partial charge in [-0.15, -0.1) is 0 Å². The van der Waals surface area contributed by atoms with Crippen molar-refractivity contribution in [2.24, 2.45) is 5.73 Å². The molecule has 3 nitrogen and oxygen atoms in total. The zero-order chi connectivity index (χ0) is 13.4. The lowest BCUT2D eigenvalue weighted by Gasteiger charge is -2.08. The highest BCUT2D eigenvalue weighted by molar-refractivity contribution is 9.11. The summed E-state index contributed by atoms with van der Waals surface area (Å²) in [6.07, 6.45) is 0. The van der Waals surface area contributed by atoms with Crippen LogP contribution in [0.4, 0.5) is 0 Å². The van der Waals surface area contributed by atoms with Gasteiger partial charge in [0.25, 0.3) is 0 Å². The van der Waals surface area contributed by atoms with Crippen molar-refractivity contribution in [3.63, 3.8) is 0 Å². The molecule has 0 spiro atoms. The van der Waals surface area contributed by atoms with Gasteiger partial charge in [0.1, 0.15) is 4.99 Å². The molecule has 2 rings (SSSR count). The molecule has 94 valence electrons. The summed E-state index contributed by atoms with van der Waals surface area (Å²) in [4.78, 5) is 0.386. The van der Waals surface area contributed by atoms with Crippen LogP contribution in [0.25, 0.3) is 5.69 Å². The van der Waals surface area contributed by atoms with Crippen molar-refractivity contribution in [3.05, 3.63) is 44.1 Å². The van der Waals surface area contributed by atoms with Gasteiger partial charge >= 0.3 is 0 Å². The first-order valence-corrected chi connectivity index (χ1v) is 7.22. The molecule has 0 atom stereocenters. The quantitative estimate of drug-likeness (QED) is 0.798. The molecule has 0 saturated carbocycles. The highest BCUT2D eigenvalue weighted by atomic mass is 79.9. The molecule has 0 aliphatic rings. The largest absolute Gasteiger partial charge is 0.389 e. The third-order valence-electron chi connectivity index (χ3n) is 2.66. The van der Waals surface area contributed by atoms with Crippen LogP contribution >= 0.6 is 44.1 Å². The maximum Gasteiger partial charge on any atom is 0.104 e. The number of aryl methyl sites for hydroxylation is 1. The summed E-state index contributed by atoms with van der Waals surface area (Å²) in [5, 5.41) is 4.49. The Labute approximate surface area is 128 Å². The van der Waals surface area contributed by atoms with Crippen molar-refractivity contribution < 1.29 is 0 Å². The van der Waals surface area contributed by atoms with E-state index in [1.807, 2.05) is 36.7 Å². The maximum atomic E-state index is 5.61. The van der Waals surface area contributed by atoms with Crippen LogP contribution in [-0.4, -0.2) is 14.8 Å². The van der Waals surface area contributed by atoms with Crippen molar-refractivity contribution >= 4 is 49.1 Å². The number of aromatic nitrogens is 2. The normalized spacial score (nSPS) is 10.7. The Balaban J connectivity index is 2.58. The van der Waals surface area contributed by atoms with Crippen LogP contribution in [0.3, 0.4) is 0 Å².